The van der Waals surface area contributed by atoms with Crippen molar-refractivity contribution in [2.24, 2.45) is 5.92 Å². The molecule has 2 aromatic rings. The molecule has 1 aromatic heterocycles. The molecule has 0 saturated carbocycles. The van der Waals surface area contributed by atoms with Crippen LogP contribution in [-0.4, -0.2) is 5.91 Å². The van der Waals surface area contributed by atoms with Crippen LogP contribution in [0.4, 0.5) is 5.69 Å². The summed E-state index contributed by atoms with van der Waals surface area (Å²) in [5.74, 6) is 0.698. The number of carbonyl (C=O) groups is 1. The Bertz CT molecular complexity index is 650. The maximum atomic E-state index is 12.4. The second-order valence-corrected chi connectivity index (χ2v) is 6.76. The molecule has 0 bridgehead atoms. The number of anilines is 1. The van der Waals surface area contributed by atoms with Crippen molar-refractivity contribution in [2.75, 3.05) is 5.32 Å². The molecule has 1 N–H and O–H groups in total. The van der Waals surface area contributed by atoms with E-state index in [9.17, 15) is 4.79 Å². The minimum absolute atomic E-state index is 0.0284. The van der Waals surface area contributed by atoms with Gasteiger partial charge in [-0.2, -0.15) is 0 Å². The monoisotopic (exact) mass is 305 g/mol. The Balaban J connectivity index is 1.81. The molecule has 4 heteroatoms. The van der Waals surface area contributed by atoms with E-state index < -0.39 is 0 Å². The molecule has 0 spiro atoms. The van der Waals surface area contributed by atoms with E-state index in [1.54, 1.807) is 23.5 Å². The number of halogens is 1. The molecule has 1 aliphatic carbocycles. The van der Waals surface area contributed by atoms with Crippen molar-refractivity contribution in [3.05, 3.63) is 50.7 Å². The smallest absolute Gasteiger partial charge is 0.256 e. The average molecular weight is 306 g/mol. The number of hydrogen-bond donors (Lipinski definition) is 1. The molecule has 3 rings (SSSR count). The third-order valence-electron chi connectivity index (χ3n) is 3.73. The molecule has 20 heavy (non-hydrogen) atoms. The van der Waals surface area contributed by atoms with Crippen molar-refractivity contribution < 1.29 is 4.79 Å². The molecule has 1 heterocycles. The Labute approximate surface area is 127 Å². The molecule has 0 aliphatic heterocycles. The summed E-state index contributed by atoms with van der Waals surface area (Å²) in [5.41, 5.74) is 2.82. The number of amides is 1. The van der Waals surface area contributed by atoms with Crippen molar-refractivity contribution in [1.29, 1.82) is 0 Å². The van der Waals surface area contributed by atoms with Gasteiger partial charge in [0.15, 0.2) is 0 Å². The van der Waals surface area contributed by atoms with Crippen LogP contribution in [0.15, 0.2) is 29.6 Å². The lowest BCUT2D eigenvalue weighted by Crippen LogP contribution is -2.16. The second kappa shape index (κ2) is 5.58. The van der Waals surface area contributed by atoms with Gasteiger partial charge < -0.3 is 5.32 Å². The highest BCUT2D eigenvalue weighted by molar-refractivity contribution is 7.10. The highest BCUT2D eigenvalue weighted by Gasteiger charge is 2.23. The molecule has 2 nitrogen and oxygen atoms in total. The van der Waals surface area contributed by atoms with Gasteiger partial charge in [0.2, 0.25) is 0 Å². The fraction of sp³-hybridized carbons (Fsp3) is 0.312. The van der Waals surface area contributed by atoms with E-state index >= 15 is 0 Å². The van der Waals surface area contributed by atoms with Crippen LogP contribution in [0.5, 0.6) is 0 Å². The number of fused-ring (bicyclic) bond motifs is 1. The predicted molar refractivity (Wildman–Crippen MR) is 84.9 cm³/mol. The lowest BCUT2D eigenvalue weighted by atomic mass is 9.88. The second-order valence-electron chi connectivity index (χ2n) is 5.36. The summed E-state index contributed by atoms with van der Waals surface area (Å²) in [6.07, 6.45) is 3.28. The Kier molecular flexibility index (Phi) is 3.81. The first-order chi connectivity index (χ1) is 9.63. The first-order valence-corrected chi connectivity index (χ1v) is 8.05. The lowest BCUT2D eigenvalue weighted by molar-refractivity contribution is 0.102. The first kappa shape index (κ1) is 13.7. The minimum atomic E-state index is -0.0284. The SMILES string of the molecule is CC1CCc2c(C(=O)Nc3cccc(Cl)c3)csc2C1. The van der Waals surface area contributed by atoms with E-state index in [0.717, 1.165) is 30.0 Å². The van der Waals surface area contributed by atoms with Crippen LogP contribution in [-0.2, 0) is 12.8 Å². The number of nitrogens with one attached hydrogen (secondary N) is 1. The van der Waals surface area contributed by atoms with Crippen molar-refractivity contribution >= 4 is 34.5 Å². The topological polar surface area (TPSA) is 29.1 Å². The van der Waals surface area contributed by atoms with Gasteiger partial charge >= 0.3 is 0 Å². The average Bonchev–Trinajstić information content (AvgIpc) is 2.81. The van der Waals surface area contributed by atoms with Crippen LogP contribution in [0.3, 0.4) is 0 Å². The maximum Gasteiger partial charge on any atom is 0.256 e. The van der Waals surface area contributed by atoms with Gasteiger partial charge in [-0.05, 0) is 48.9 Å². The van der Waals surface area contributed by atoms with E-state index in [1.165, 1.54) is 16.9 Å². The number of rotatable bonds is 2. The molecule has 1 unspecified atom stereocenters. The van der Waals surface area contributed by atoms with Gasteiger partial charge in [-0.1, -0.05) is 24.6 Å². The summed E-state index contributed by atoms with van der Waals surface area (Å²) < 4.78 is 0. The van der Waals surface area contributed by atoms with Gasteiger partial charge in [-0.15, -0.1) is 11.3 Å². The molecular weight excluding hydrogens is 290 g/mol. The number of thiophene rings is 1. The number of benzene rings is 1. The van der Waals surface area contributed by atoms with Crippen LogP contribution in [0.1, 0.15) is 34.1 Å². The molecule has 1 amide bonds. The fourth-order valence-corrected chi connectivity index (χ4v) is 4.07. The third kappa shape index (κ3) is 2.74. The Morgan fingerprint density at radius 3 is 3.10 bits per heavy atom. The summed E-state index contributed by atoms with van der Waals surface area (Å²) >= 11 is 7.65. The van der Waals surface area contributed by atoms with Gasteiger partial charge in [0.1, 0.15) is 0 Å². The van der Waals surface area contributed by atoms with Crippen molar-refractivity contribution in [2.45, 2.75) is 26.2 Å². The molecule has 104 valence electrons. The van der Waals surface area contributed by atoms with Gasteiger partial charge in [0, 0.05) is 21.0 Å². The standard InChI is InChI=1S/C16H16ClNOS/c1-10-5-6-13-14(9-20-15(13)7-10)16(19)18-12-4-2-3-11(17)8-12/h2-4,8-10H,5-7H2,1H3,(H,18,19). The zero-order valence-electron chi connectivity index (χ0n) is 11.3. The predicted octanol–water partition coefficient (Wildman–Crippen LogP) is 4.78. The van der Waals surface area contributed by atoms with Crippen LogP contribution in [0, 0.1) is 5.92 Å². The number of carbonyl (C=O) groups excluding carboxylic acids is 1. The van der Waals surface area contributed by atoms with E-state index in [0.29, 0.717) is 5.02 Å². The summed E-state index contributed by atoms with van der Waals surface area (Å²) in [6.45, 7) is 2.27. The summed E-state index contributed by atoms with van der Waals surface area (Å²) in [6, 6.07) is 7.25. The van der Waals surface area contributed by atoms with Gasteiger partial charge in [-0.3, -0.25) is 4.79 Å². The minimum Gasteiger partial charge on any atom is -0.322 e. The summed E-state index contributed by atoms with van der Waals surface area (Å²) in [5, 5.41) is 5.55. The molecule has 1 aromatic carbocycles. The molecular formula is C16H16ClNOS. The van der Waals surface area contributed by atoms with Crippen LogP contribution < -0.4 is 5.32 Å². The van der Waals surface area contributed by atoms with E-state index in [4.69, 9.17) is 11.6 Å². The van der Waals surface area contributed by atoms with Crippen LogP contribution in [0.2, 0.25) is 5.02 Å². The Morgan fingerprint density at radius 2 is 2.30 bits per heavy atom. The lowest BCUT2D eigenvalue weighted by Gasteiger charge is -2.18. The van der Waals surface area contributed by atoms with Crippen LogP contribution >= 0.6 is 22.9 Å². The van der Waals surface area contributed by atoms with E-state index in [1.807, 2.05) is 17.5 Å². The fourth-order valence-electron chi connectivity index (χ4n) is 2.63. The summed E-state index contributed by atoms with van der Waals surface area (Å²) in [4.78, 5) is 13.8. The molecule has 1 aliphatic rings. The highest BCUT2D eigenvalue weighted by atomic mass is 35.5. The summed E-state index contributed by atoms with van der Waals surface area (Å²) in [7, 11) is 0. The van der Waals surface area contributed by atoms with Crippen molar-refractivity contribution in [3.8, 4) is 0 Å². The number of hydrogen-bond acceptors (Lipinski definition) is 2. The van der Waals surface area contributed by atoms with Gasteiger partial charge in [0.05, 0.1) is 5.56 Å². The maximum absolute atomic E-state index is 12.4. The Hall–Kier alpha value is -1.32. The third-order valence-corrected chi connectivity index (χ3v) is 5.02. The molecule has 1 atom stereocenters. The zero-order valence-corrected chi connectivity index (χ0v) is 12.9. The first-order valence-electron chi connectivity index (χ1n) is 6.79. The highest BCUT2D eigenvalue weighted by Crippen LogP contribution is 2.33. The quantitative estimate of drug-likeness (QED) is 0.850. The van der Waals surface area contributed by atoms with Crippen molar-refractivity contribution in [3.63, 3.8) is 0 Å². The Morgan fingerprint density at radius 1 is 1.45 bits per heavy atom. The van der Waals surface area contributed by atoms with Gasteiger partial charge in [-0.25, -0.2) is 0 Å². The zero-order chi connectivity index (χ0) is 14.1. The van der Waals surface area contributed by atoms with Crippen molar-refractivity contribution in [1.82, 2.24) is 0 Å². The van der Waals surface area contributed by atoms with E-state index in [-0.39, 0.29) is 5.91 Å². The largest absolute Gasteiger partial charge is 0.322 e. The molecule has 0 saturated heterocycles. The van der Waals surface area contributed by atoms with Crippen LogP contribution in [0.25, 0.3) is 0 Å². The normalized spacial score (nSPS) is 17.6. The molecule has 0 radical (unpaired) electrons. The molecule has 0 fully saturated rings. The van der Waals surface area contributed by atoms with E-state index in [2.05, 4.69) is 12.2 Å². The van der Waals surface area contributed by atoms with Gasteiger partial charge in [0.25, 0.3) is 5.91 Å².